The molecule has 1 aliphatic heterocycles. The first kappa shape index (κ1) is 23.7. The van der Waals surface area contributed by atoms with Gasteiger partial charge >= 0.3 is 0 Å². The summed E-state index contributed by atoms with van der Waals surface area (Å²) in [6, 6.07) is 21.4. The summed E-state index contributed by atoms with van der Waals surface area (Å²) in [7, 11) is 1.94. The molecule has 0 atom stereocenters. The Morgan fingerprint density at radius 2 is 1.71 bits per heavy atom. The number of fused-ring (bicyclic) bond motifs is 1. The number of anilines is 3. The average Bonchev–Trinajstić information content (AvgIpc) is 3.29. The van der Waals surface area contributed by atoms with E-state index in [1.807, 2.05) is 30.3 Å². The van der Waals surface area contributed by atoms with Gasteiger partial charge in [0.25, 0.3) is 0 Å². The fraction of sp³-hybridized carbons (Fsp3) is 0.321. The summed E-state index contributed by atoms with van der Waals surface area (Å²) in [5.74, 6) is 0. The predicted molar refractivity (Wildman–Crippen MR) is 149 cm³/mol. The smallest absolute Gasteiger partial charge is 0.139 e. The van der Waals surface area contributed by atoms with E-state index in [2.05, 4.69) is 69.5 Å². The lowest BCUT2D eigenvalue weighted by atomic mass is 10.0. The number of piperidine rings is 1. The quantitative estimate of drug-likeness (QED) is 0.339. The van der Waals surface area contributed by atoms with Crippen molar-refractivity contribution in [2.45, 2.75) is 18.9 Å². The number of benzene rings is 2. The fourth-order valence-corrected chi connectivity index (χ4v) is 6.13. The highest BCUT2D eigenvalue weighted by Crippen LogP contribution is 2.39. The number of para-hydroxylation sites is 1. The number of aromatic nitrogens is 2. The van der Waals surface area contributed by atoms with E-state index in [9.17, 15) is 4.57 Å². The molecule has 0 saturated carbocycles. The summed E-state index contributed by atoms with van der Waals surface area (Å²) < 4.78 is 12.8. The van der Waals surface area contributed by atoms with E-state index in [1.165, 1.54) is 18.5 Å². The van der Waals surface area contributed by atoms with Crippen molar-refractivity contribution in [3.05, 3.63) is 66.9 Å². The van der Waals surface area contributed by atoms with E-state index >= 15 is 0 Å². The molecule has 0 amide bonds. The van der Waals surface area contributed by atoms with Crippen LogP contribution in [0.25, 0.3) is 22.3 Å². The highest BCUT2D eigenvalue weighted by molar-refractivity contribution is 7.70. The second-order valence-corrected chi connectivity index (χ2v) is 13.2. The van der Waals surface area contributed by atoms with E-state index in [0.29, 0.717) is 6.04 Å². The van der Waals surface area contributed by atoms with E-state index in [4.69, 9.17) is 0 Å². The molecule has 0 unspecified atom stereocenters. The van der Waals surface area contributed by atoms with Gasteiger partial charge in [0.15, 0.2) is 0 Å². The molecular weight excluding hydrogens is 453 g/mol. The lowest BCUT2D eigenvalue weighted by Crippen LogP contribution is -2.41. The van der Waals surface area contributed by atoms with Crippen LogP contribution < -0.4 is 15.5 Å². The summed E-state index contributed by atoms with van der Waals surface area (Å²) in [4.78, 5) is 12.9. The van der Waals surface area contributed by atoms with Crippen molar-refractivity contribution in [1.29, 1.82) is 0 Å². The van der Waals surface area contributed by atoms with Gasteiger partial charge in [0, 0.05) is 53.1 Å². The Kier molecular flexibility index (Phi) is 6.43. The maximum absolute atomic E-state index is 12.8. The molecule has 4 aromatic rings. The molecule has 6 nitrogen and oxygen atoms in total. The first-order chi connectivity index (χ1) is 16.8. The number of hydrogen-bond acceptors (Lipinski definition) is 5. The Morgan fingerprint density at radius 1 is 1.00 bits per heavy atom. The summed E-state index contributed by atoms with van der Waals surface area (Å²) in [6.45, 7) is 5.80. The van der Waals surface area contributed by atoms with Crippen LogP contribution in [0.1, 0.15) is 12.8 Å². The molecule has 35 heavy (non-hydrogen) atoms. The van der Waals surface area contributed by atoms with Crippen LogP contribution in [-0.2, 0) is 4.57 Å². The zero-order valence-corrected chi connectivity index (χ0v) is 21.8. The van der Waals surface area contributed by atoms with Crippen LogP contribution in [0.5, 0.6) is 0 Å². The average molecular weight is 488 g/mol. The maximum Gasteiger partial charge on any atom is 0.139 e. The van der Waals surface area contributed by atoms with Crippen LogP contribution in [0.2, 0.25) is 0 Å². The van der Waals surface area contributed by atoms with Gasteiger partial charge in [-0.1, -0.05) is 24.3 Å². The maximum atomic E-state index is 12.8. The van der Waals surface area contributed by atoms with Crippen LogP contribution in [0.15, 0.2) is 66.9 Å². The van der Waals surface area contributed by atoms with Crippen LogP contribution in [0.4, 0.5) is 17.1 Å². The Hall–Kier alpha value is -3.08. The monoisotopic (exact) mass is 487 g/mol. The minimum absolute atomic E-state index is 0.681. The minimum atomic E-state index is -2.41. The van der Waals surface area contributed by atoms with Gasteiger partial charge in [0.2, 0.25) is 0 Å². The molecule has 1 fully saturated rings. The van der Waals surface area contributed by atoms with Crippen molar-refractivity contribution >= 4 is 40.5 Å². The van der Waals surface area contributed by atoms with E-state index < -0.39 is 7.14 Å². The second kappa shape index (κ2) is 9.52. The van der Waals surface area contributed by atoms with Gasteiger partial charge in [-0.05, 0) is 82.2 Å². The first-order valence-corrected chi connectivity index (χ1v) is 14.8. The van der Waals surface area contributed by atoms with Gasteiger partial charge in [-0.25, -0.2) is 4.98 Å². The molecule has 2 aromatic carbocycles. The van der Waals surface area contributed by atoms with Crippen molar-refractivity contribution in [1.82, 2.24) is 14.9 Å². The summed E-state index contributed by atoms with van der Waals surface area (Å²) >= 11 is 0. The normalized spacial score (nSPS) is 15.2. The van der Waals surface area contributed by atoms with Gasteiger partial charge in [0.1, 0.15) is 12.8 Å². The van der Waals surface area contributed by atoms with Gasteiger partial charge in [-0.2, -0.15) is 0 Å². The van der Waals surface area contributed by atoms with Crippen molar-refractivity contribution in [3.8, 4) is 11.3 Å². The number of rotatable bonds is 6. The standard InChI is InChI=1S/C28H34N5OP/c1-32(2)21-14-17-33(18-15-21)22-11-9-20(10-12-22)26-19-23-24(13-16-29-28(23)31-26)30-25-7-5-6-8-27(25)35(3,4)34/h5-13,16,19,21H,14-15,17-18H2,1-4H3,(H2,29,30,31). The SMILES string of the molecule is CN(C)C1CCN(c2ccc(-c3cc4c(Nc5ccccc5P(C)(C)=O)ccnc4[nH]3)cc2)CC1. The molecule has 1 aliphatic rings. The largest absolute Gasteiger partial charge is 0.371 e. The molecule has 7 heteroatoms. The van der Waals surface area contributed by atoms with Gasteiger partial charge in [-0.3, -0.25) is 0 Å². The third-order valence-corrected chi connectivity index (χ3v) is 8.57. The van der Waals surface area contributed by atoms with Crippen LogP contribution in [-0.4, -0.2) is 61.4 Å². The van der Waals surface area contributed by atoms with E-state index in [1.54, 1.807) is 19.5 Å². The number of hydrogen-bond donors (Lipinski definition) is 2. The summed E-state index contributed by atoms with van der Waals surface area (Å²) in [6.07, 6.45) is 4.20. The number of pyridine rings is 1. The minimum Gasteiger partial charge on any atom is -0.371 e. The molecule has 0 bridgehead atoms. The van der Waals surface area contributed by atoms with E-state index in [0.717, 1.165) is 52.1 Å². The van der Waals surface area contributed by atoms with Crippen LogP contribution in [0, 0.1) is 0 Å². The summed E-state index contributed by atoms with van der Waals surface area (Å²) in [5.41, 5.74) is 6.09. The first-order valence-electron chi connectivity index (χ1n) is 12.2. The molecule has 2 N–H and O–H groups in total. The molecule has 0 spiro atoms. The zero-order valence-electron chi connectivity index (χ0n) is 21.0. The molecule has 0 aliphatic carbocycles. The molecule has 3 heterocycles. The Balaban J connectivity index is 1.39. The predicted octanol–water partition coefficient (Wildman–Crippen LogP) is 5.75. The van der Waals surface area contributed by atoms with Crippen molar-refractivity contribution in [3.63, 3.8) is 0 Å². The Bertz CT molecular complexity index is 1360. The molecule has 2 aromatic heterocycles. The van der Waals surface area contributed by atoms with Crippen LogP contribution >= 0.6 is 7.14 Å². The number of nitrogens with one attached hydrogen (secondary N) is 2. The summed E-state index contributed by atoms with van der Waals surface area (Å²) in [5, 5.41) is 5.37. The Morgan fingerprint density at radius 3 is 2.40 bits per heavy atom. The highest BCUT2D eigenvalue weighted by atomic mass is 31.2. The van der Waals surface area contributed by atoms with Gasteiger partial charge in [0.05, 0.1) is 5.69 Å². The lowest BCUT2D eigenvalue weighted by Gasteiger charge is -2.36. The van der Waals surface area contributed by atoms with Crippen LogP contribution in [0.3, 0.4) is 0 Å². The molecule has 1 saturated heterocycles. The molecule has 182 valence electrons. The third kappa shape index (κ3) is 5.00. The van der Waals surface area contributed by atoms with E-state index in [-0.39, 0.29) is 0 Å². The van der Waals surface area contributed by atoms with Gasteiger partial charge < -0.3 is 24.7 Å². The zero-order chi connectivity index (χ0) is 24.6. The van der Waals surface area contributed by atoms with Crippen molar-refractivity contribution < 1.29 is 4.57 Å². The third-order valence-electron chi connectivity index (χ3n) is 7.02. The molecule has 5 rings (SSSR count). The van der Waals surface area contributed by atoms with Gasteiger partial charge in [-0.15, -0.1) is 0 Å². The highest BCUT2D eigenvalue weighted by Gasteiger charge is 2.21. The lowest BCUT2D eigenvalue weighted by molar-refractivity contribution is 0.249. The second-order valence-electron chi connectivity index (χ2n) is 10.0. The fourth-order valence-electron chi connectivity index (χ4n) is 4.98. The van der Waals surface area contributed by atoms with Crippen molar-refractivity contribution in [2.75, 3.05) is 50.7 Å². The number of aromatic amines is 1. The Labute approximate surface area is 207 Å². The number of H-pyrrole nitrogens is 1. The van der Waals surface area contributed by atoms with Crippen molar-refractivity contribution in [2.24, 2.45) is 0 Å². The molecular formula is C28H34N5OP. The topological polar surface area (TPSA) is 64.3 Å². The number of nitrogens with zero attached hydrogens (tertiary/aromatic N) is 3. The molecule has 0 radical (unpaired) electrons.